The number of rotatable bonds is 2. The van der Waals surface area contributed by atoms with Crippen molar-refractivity contribution in [2.24, 2.45) is 5.73 Å². The van der Waals surface area contributed by atoms with Crippen molar-refractivity contribution in [3.05, 3.63) is 64.7 Å². The predicted octanol–water partition coefficient (Wildman–Crippen LogP) is 2.89. The van der Waals surface area contributed by atoms with E-state index in [-0.39, 0.29) is 5.82 Å². The van der Waals surface area contributed by atoms with Crippen LogP contribution in [0.5, 0.6) is 0 Å². The first kappa shape index (κ1) is 11.7. The van der Waals surface area contributed by atoms with Gasteiger partial charge in [-0.25, -0.2) is 4.39 Å². The van der Waals surface area contributed by atoms with Crippen LogP contribution < -0.4 is 5.73 Å². The van der Waals surface area contributed by atoms with E-state index in [4.69, 9.17) is 5.73 Å². The van der Waals surface area contributed by atoms with E-state index in [1.54, 1.807) is 18.2 Å². The minimum Gasteiger partial charge on any atom is -0.320 e. The largest absolute Gasteiger partial charge is 0.320 e. The fourth-order valence-corrected chi connectivity index (χ4v) is 1.92. The molecule has 2 nitrogen and oxygen atoms in total. The molecule has 0 fully saturated rings. The van der Waals surface area contributed by atoms with Gasteiger partial charge in [0.2, 0.25) is 0 Å². The van der Waals surface area contributed by atoms with Gasteiger partial charge in [0.15, 0.2) is 0 Å². The smallest absolute Gasteiger partial charge is 0.128 e. The van der Waals surface area contributed by atoms with E-state index in [2.05, 4.69) is 4.98 Å². The monoisotopic (exact) mass is 230 g/mol. The number of nitrogens with two attached hydrogens (primary N) is 1. The normalized spacial score (nSPS) is 12.5. The summed E-state index contributed by atoms with van der Waals surface area (Å²) < 4.78 is 13.6. The topological polar surface area (TPSA) is 38.9 Å². The van der Waals surface area contributed by atoms with E-state index in [9.17, 15) is 4.39 Å². The van der Waals surface area contributed by atoms with Crippen molar-refractivity contribution in [2.75, 3.05) is 0 Å². The molecule has 17 heavy (non-hydrogen) atoms. The van der Waals surface area contributed by atoms with Crippen molar-refractivity contribution in [2.45, 2.75) is 19.9 Å². The maximum Gasteiger partial charge on any atom is 0.128 e. The van der Waals surface area contributed by atoms with Crippen LogP contribution in [-0.4, -0.2) is 4.98 Å². The minimum atomic E-state index is -0.468. The number of nitrogens with zero attached hydrogens (tertiary/aromatic N) is 1. The van der Waals surface area contributed by atoms with Crippen LogP contribution in [-0.2, 0) is 0 Å². The first-order chi connectivity index (χ1) is 8.09. The molecule has 2 N–H and O–H groups in total. The lowest BCUT2D eigenvalue weighted by molar-refractivity contribution is 0.599. The van der Waals surface area contributed by atoms with Gasteiger partial charge < -0.3 is 5.73 Å². The Morgan fingerprint density at radius 1 is 1.06 bits per heavy atom. The summed E-state index contributed by atoms with van der Waals surface area (Å²) >= 11 is 0. The Bertz CT molecular complexity index is 537. The predicted molar refractivity (Wildman–Crippen MR) is 66.1 cm³/mol. The molecule has 1 aromatic carbocycles. The van der Waals surface area contributed by atoms with Crippen molar-refractivity contribution >= 4 is 0 Å². The Labute approximate surface area is 100 Å². The number of hydrogen-bond donors (Lipinski definition) is 1. The average molecular weight is 230 g/mol. The molecule has 0 saturated heterocycles. The highest BCUT2D eigenvalue weighted by Gasteiger charge is 2.15. The highest BCUT2D eigenvalue weighted by atomic mass is 19.1. The fraction of sp³-hybridized carbons (Fsp3) is 0.214. The SMILES string of the molecule is Cc1ccc(C(N)c2ccccc2F)c(C)n1. The van der Waals surface area contributed by atoms with Crippen LogP contribution in [0.2, 0.25) is 0 Å². The van der Waals surface area contributed by atoms with E-state index in [1.165, 1.54) is 6.07 Å². The van der Waals surface area contributed by atoms with Gasteiger partial charge in [0.05, 0.1) is 6.04 Å². The molecule has 0 aliphatic carbocycles. The van der Waals surface area contributed by atoms with Crippen molar-refractivity contribution < 1.29 is 4.39 Å². The van der Waals surface area contributed by atoms with Gasteiger partial charge in [-0.3, -0.25) is 4.98 Å². The zero-order valence-corrected chi connectivity index (χ0v) is 9.94. The summed E-state index contributed by atoms with van der Waals surface area (Å²) in [6.45, 7) is 3.81. The van der Waals surface area contributed by atoms with Crippen LogP contribution >= 0.6 is 0 Å². The number of benzene rings is 1. The lowest BCUT2D eigenvalue weighted by atomic mass is 9.98. The van der Waals surface area contributed by atoms with E-state index >= 15 is 0 Å². The molecule has 1 aromatic heterocycles. The molecule has 1 heterocycles. The molecule has 0 bridgehead atoms. The maximum absolute atomic E-state index is 13.6. The third-order valence-electron chi connectivity index (χ3n) is 2.84. The minimum absolute atomic E-state index is 0.278. The summed E-state index contributed by atoms with van der Waals surface area (Å²) in [5.41, 5.74) is 9.24. The lowest BCUT2D eigenvalue weighted by Gasteiger charge is -2.15. The number of hydrogen-bond acceptors (Lipinski definition) is 2. The van der Waals surface area contributed by atoms with E-state index < -0.39 is 6.04 Å². The second-order valence-corrected chi connectivity index (χ2v) is 4.13. The summed E-state index contributed by atoms with van der Waals surface area (Å²) in [5, 5.41) is 0. The van der Waals surface area contributed by atoms with Gasteiger partial charge in [0.25, 0.3) is 0 Å². The van der Waals surface area contributed by atoms with Crippen LogP contribution in [0.1, 0.15) is 28.6 Å². The molecule has 88 valence electrons. The summed E-state index contributed by atoms with van der Waals surface area (Å²) in [6, 6.07) is 9.91. The Kier molecular flexibility index (Phi) is 3.20. The van der Waals surface area contributed by atoms with Gasteiger partial charge >= 0.3 is 0 Å². The van der Waals surface area contributed by atoms with Crippen molar-refractivity contribution in [3.63, 3.8) is 0 Å². The standard InChI is InChI=1S/C14H15FN2/c1-9-7-8-11(10(2)17-9)14(16)12-5-3-4-6-13(12)15/h3-8,14H,16H2,1-2H3. The first-order valence-electron chi connectivity index (χ1n) is 5.53. The molecule has 0 aliphatic heterocycles. The van der Waals surface area contributed by atoms with Crippen LogP contribution in [0.25, 0.3) is 0 Å². The Morgan fingerprint density at radius 2 is 1.76 bits per heavy atom. The van der Waals surface area contributed by atoms with Gasteiger partial charge in [0.1, 0.15) is 5.82 Å². The van der Waals surface area contributed by atoms with Gasteiger partial charge in [-0.05, 0) is 31.5 Å². The molecule has 0 amide bonds. The molecule has 0 radical (unpaired) electrons. The molecule has 0 spiro atoms. The quantitative estimate of drug-likeness (QED) is 0.861. The van der Waals surface area contributed by atoms with Gasteiger partial charge in [0, 0.05) is 17.0 Å². The summed E-state index contributed by atoms with van der Waals surface area (Å²) in [5.74, 6) is -0.278. The third kappa shape index (κ3) is 2.34. The summed E-state index contributed by atoms with van der Waals surface area (Å²) in [4.78, 5) is 4.35. The van der Waals surface area contributed by atoms with Crippen LogP contribution in [0.15, 0.2) is 36.4 Å². The third-order valence-corrected chi connectivity index (χ3v) is 2.84. The highest BCUT2D eigenvalue weighted by molar-refractivity contribution is 5.34. The van der Waals surface area contributed by atoms with E-state index in [1.807, 2.05) is 26.0 Å². The number of aromatic nitrogens is 1. The zero-order chi connectivity index (χ0) is 12.4. The molecule has 0 aliphatic rings. The lowest BCUT2D eigenvalue weighted by Crippen LogP contribution is -2.15. The highest BCUT2D eigenvalue weighted by Crippen LogP contribution is 2.23. The first-order valence-corrected chi connectivity index (χ1v) is 5.53. The zero-order valence-electron chi connectivity index (χ0n) is 9.94. The van der Waals surface area contributed by atoms with E-state index in [0.717, 1.165) is 17.0 Å². The summed E-state index contributed by atoms with van der Waals surface area (Å²) in [7, 11) is 0. The number of halogens is 1. The Morgan fingerprint density at radius 3 is 2.41 bits per heavy atom. The molecule has 1 atom stereocenters. The summed E-state index contributed by atoms with van der Waals surface area (Å²) in [6.07, 6.45) is 0. The number of aryl methyl sites for hydroxylation is 2. The molecular formula is C14H15FN2. The van der Waals surface area contributed by atoms with Crippen LogP contribution in [0.3, 0.4) is 0 Å². The fourth-order valence-electron chi connectivity index (χ4n) is 1.92. The molecule has 2 rings (SSSR count). The Balaban J connectivity index is 2.44. The van der Waals surface area contributed by atoms with E-state index in [0.29, 0.717) is 5.56 Å². The van der Waals surface area contributed by atoms with Gasteiger partial charge in [-0.1, -0.05) is 24.3 Å². The second-order valence-electron chi connectivity index (χ2n) is 4.13. The molecule has 3 heteroatoms. The number of pyridine rings is 1. The van der Waals surface area contributed by atoms with Crippen LogP contribution in [0, 0.1) is 19.7 Å². The maximum atomic E-state index is 13.6. The van der Waals surface area contributed by atoms with Crippen LogP contribution in [0.4, 0.5) is 4.39 Å². The van der Waals surface area contributed by atoms with Crippen molar-refractivity contribution in [3.8, 4) is 0 Å². The molecule has 1 unspecified atom stereocenters. The van der Waals surface area contributed by atoms with Gasteiger partial charge in [-0.2, -0.15) is 0 Å². The van der Waals surface area contributed by atoms with Crippen molar-refractivity contribution in [1.82, 2.24) is 4.98 Å². The molecule has 0 saturated carbocycles. The molecular weight excluding hydrogens is 215 g/mol. The average Bonchev–Trinajstić information content (AvgIpc) is 2.29. The molecule has 2 aromatic rings. The Hall–Kier alpha value is -1.74. The second kappa shape index (κ2) is 4.63. The van der Waals surface area contributed by atoms with Gasteiger partial charge in [-0.15, -0.1) is 0 Å². The van der Waals surface area contributed by atoms with Crippen molar-refractivity contribution in [1.29, 1.82) is 0 Å².